The number of pyridine rings is 1. The number of hydrogen-bond acceptors (Lipinski definition) is 7. The monoisotopic (exact) mass is 553 g/mol. The number of benzene rings is 2. The maximum absolute atomic E-state index is 12.9. The summed E-state index contributed by atoms with van der Waals surface area (Å²) in [7, 11) is 1.59. The Hall–Kier alpha value is -3.34. The third-order valence-electron chi connectivity index (χ3n) is 6.38. The Kier molecular flexibility index (Phi) is 6.99. The molecule has 0 aliphatic carbocycles. The predicted octanol–water partition coefficient (Wildman–Crippen LogP) is 3.98. The van der Waals surface area contributed by atoms with Gasteiger partial charge in [0.1, 0.15) is 17.1 Å². The summed E-state index contributed by atoms with van der Waals surface area (Å²) in [6, 6.07) is 11.4. The van der Waals surface area contributed by atoms with Gasteiger partial charge in [-0.1, -0.05) is 6.07 Å². The number of H-pyrrole nitrogens is 2. The number of rotatable bonds is 7. The van der Waals surface area contributed by atoms with Gasteiger partial charge in [0.05, 0.1) is 47.6 Å². The Morgan fingerprint density at radius 1 is 1.25 bits per heavy atom. The van der Waals surface area contributed by atoms with Crippen molar-refractivity contribution in [2.75, 3.05) is 50.2 Å². The largest absolute Gasteiger partial charge is 0.496 e. The Labute approximate surface area is 216 Å². The second-order valence-electron chi connectivity index (χ2n) is 8.73. The molecule has 1 aliphatic heterocycles. The lowest BCUT2D eigenvalue weighted by Crippen LogP contribution is -2.36. The quantitative estimate of drug-likeness (QED) is 0.273. The Morgan fingerprint density at radius 2 is 2.06 bits per heavy atom. The molecule has 36 heavy (non-hydrogen) atoms. The first-order valence-electron chi connectivity index (χ1n) is 11.7. The van der Waals surface area contributed by atoms with Gasteiger partial charge in [0.2, 0.25) is 0 Å². The molecule has 4 aromatic rings. The lowest BCUT2D eigenvalue weighted by Gasteiger charge is -2.29. The van der Waals surface area contributed by atoms with E-state index in [4.69, 9.17) is 14.5 Å². The molecule has 5 rings (SSSR count). The number of methoxy groups -OCH3 is 1. The minimum absolute atomic E-state index is 0.204. The molecule has 1 fully saturated rings. The molecule has 1 unspecified atom stereocenters. The third kappa shape index (κ3) is 4.84. The number of aliphatic hydroxyl groups excluding tert-OH is 1. The van der Waals surface area contributed by atoms with Crippen molar-refractivity contribution in [1.82, 2.24) is 15.0 Å². The maximum Gasteiger partial charge on any atom is 0.261 e. The van der Waals surface area contributed by atoms with E-state index in [0.717, 1.165) is 45.4 Å². The van der Waals surface area contributed by atoms with E-state index >= 15 is 0 Å². The van der Waals surface area contributed by atoms with Crippen LogP contribution in [-0.4, -0.2) is 60.0 Å². The Morgan fingerprint density at radius 3 is 2.81 bits per heavy atom. The number of imidazole rings is 1. The normalized spacial score (nSPS) is 14.7. The summed E-state index contributed by atoms with van der Waals surface area (Å²) in [5.74, 6) is 1.16. The van der Waals surface area contributed by atoms with Crippen molar-refractivity contribution < 1.29 is 14.6 Å². The summed E-state index contributed by atoms with van der Waals surface area (Å²) in [6.45, 7) is 5.32. The molecular weight excluding hydrogens is 526 g/mol. The van der Waals surface area contributed by atoms with E-state index in [-0.39, 0.29) is 12.1 Å². The summed E-state index contributed by atoms with van der Waals surface area (Å²) in [5.41, 5.74) is 5.23. The molecule has 0 amide bonds. The van der Waals surface area contributed by atoms with Crippen LogP contribution >= 0.6 is 15.9 Å². The van der Waals surface area contributed by atoms with Crippen LogP contribution in [0.25, 0.3) is 22.4 Å². The molecule has 3 heterocycles. The number of anilines is 2. The second kappa shape index (κ2) is 10.3. The number of aliphatic hydroxyl groups is 1. The molecule has 10 heteroatoms. The first kappa shape index (κ1) is 24.4. The van der Waals surface area contributed by atoms with Gasteiger partial charge in [-0.15, -0.1) is 0 Å². The van der Waals surface area contributed by atoms with Gasteiger partial charge < -0.3 is 34.8 Å². The van der Waals surface area contributed by atoms with E-state index < -0.39 is 6.10 Å². The SMILES string of the molecule is COc1ccc(C(O)CNc2cc[nH]c(=O)c2-c2nc3c(C)cc(N4CCOCC4)cc3[nH]2)cc1Br. The first-order valence-corrected chi connectivity index (χ1v) is 12.5. The molecule has 0 saturated carbocycles. The van der Waals surface area contributed by atoms with E-state index in [1.807, 2.05) is 19.1 Å². The van der Waals surface area contributed by atoms with Crippen molar-refractivity contribution in [2.24, 2.45) is 0 Å². The number of halogens is 1. The molecule has 1 atom stereocenters. The summed E-state index contributed by atoms with van der Waals surface area (Å²) < 4.78 is 11.5. The van der Waals surface area contributed by atoms with E-state index in [1.54, 1.807) is 25.4 Å². The number of aryl methyl sites for hydroxylation is 1. The van der Waals surface area contributed by atoms with Gasteiger partial charge >= 0.3 is 0 Å². The summed E-state index contributed by atoms with van der Waals surface area (Å²) in [4.78, 5) is 26.0. The van der Waals surface area contributed by atoms with Crippen molar-refractivity contribution in [3.63, 3.8) is 0 Å². The van der Waals surface area contributed by atoms with E-state index in [9.17, 15) is 9.90 Å². The van der Waals surface area contributed by atoms with Crippen LogP contribution < -0.4 is 20.5 Å². The Balaban J connectivity index is 1.43. The van der Waals surface area contributed by atoms with Crippen LogP contribution in [0.5, 0.6) is 5.75 Å². The third-order valence-corrected chi connectivity index (χ3v) is 7.00. The molecule has 2 aromatic heterocycles. The molecule has 0 bridgehead atoms. The molecular formula is C26H28BrN5O4. The number of morpholine rings is 1. The fourth-order valence-electron chi connectivity index (χ4n) is 4.47. The zero-order valence-corrected chi connectivity index (χ0v) is 21.7. The van der Waals surface area contributed by atoms with Gasteiger partial charge in [0, 0.05) is 31.5 Å². The number of hydrogen-bond donors (Lipinski definition) is 4. The molecule has 1 aliphatic rings. The van der Waals surface area contributed by atoms with Gasteiger partial charge in [0.25, 0.3) is 5.56 Å². The Bertz CT molecular complexity index is 1440. The van der Waals surface area contributed by atoms with Gasteiger partial charge in [-0.3, -0.25) is 4.79 Å². The van der Waals surface area contributed by atoms with Gasteiger partial charge in [-0.25, -0.2) is 4.98 Å². The number of aromatic nitrogens is 3. The second-order valence-corrected chi connectivity index (χ2v) is 9.58. The average molecular weight is 554 g/mol. The maximum atomic E-state index is 12.9. The molecule has 4 N–H and O–H groups in total. The molecule has 2 aromatic carbocycles. The standard InChI is InChI=1S/C26H28BrN5O4/c1-15-11-17(32-7-9-36-10-8-32)13-20-24(15)31-25(30-20)23-19(5-6-28-26(23)34)29-14-21(33)16-3-4-22(35-2)18(27)12-16/h3-6,11-13,21,33H,7-10,14H2,1-2H3,(H,30,31)(H2,28,29,34). The smallest absolute Gasteiger partial charge is 0.261 e. The predicted molar refractivity (Wildman–Crippen MR) is 144 cm³/mol. The molecule has 0 spiro atoms. The van der Waals surface area contributed by atoms with E-state index in [0.29, 0.717) is 36.0 Å². The molecule has 1 saturated heterocycles. The van der Waals surface area contributed by atoms with Gasteiger partial charge in [-0.2, -0.15) is 0 Å². The van der Waals surface area contributed by atoms with Gasteiger partial charge in [-0.05, 0) is 64.3 Å². The lowest BCUT2D eigenvalue weighted by molar-refractivity contribution is 0.122. The first-order chi connectivity index (χ1) is 17.4. The highest BCUT2D eigenvalue weighted by atomic mass is 79.9. The van der Waals surface area contributed by atoms with Crippen molar-refractivity contribution in [3.05, 3.63) is 68.5 Å². The summed E-state index contributed by atoms with van der Waals surface area (Å²) in [6.07, 6.45) is 0.780. The van der Waals surface area contributed by atoms with Crippen molar-refractivity contribution in [3.8, 4) is 17.1 Å². The zero-order valence-electron chi connectivity index (χ0n) is 20.1. The van der Waals surface area contributed by atoms with E-state index in [2.05, 4.69) is 48.2 Å². The topological polar surface area (TPSA) is 116 Å². The highest BCUT2D eigenvalue weighted by Gasteiger charge is 2.19. The number of nitrogens with one attached hydrogen (secondary N) is 3. The van der Waals surface area contributed by atoms with Crippen LogP contribution in [0.15, 0.2) is 51.9 Å². The lowest BCUT2D eigenvalue weighted by atomic mass is 10.1. The average Bonchev–Trinajstić information content (AvgIpc) is 3.32. The van der Waals surface area contributed by atoms with Crippen LogP contribution in [0.4, 0.5) is 11.4 Å². The van der Waals surface area contributed by atoms with Gasteiger partial charge in [0.15, 0.2) is 0 Å². The van der Waals surface area contributed by atoms with E-state index in [1.165, 1.54) is 0 Å². The highest BCUT2D eigenvalue weighted by Crippen LogP contribution is 2.31. The van der Waals surface area contributed by atoms with Crippen molar-refractivity contribution in [2.45, 2.75) is 13.0 Å². The minimum Gasteiger partial charge on any atom is -0.496 e. The fraction of sp³-hybridized carbons (Fsp3) is 0.308. The van der Waals surface area contributed by atoms with Crippen LogP contribution in [0.2, 0.25) is 0 Å². The molecule has 0 radical (unpaired) electrons. The fourth-order valence-corrected chi connectivity index (χ4v) is 5.03. The number of nitrogens with zero attached hydrogens (tertiary/aromatic N) is 2. The van der Waals surface area contributed by atoms with Crippen molar-refractivity contribution >= 4 is 38.3 Å². The van der Waals surface area contributed by atoms with Crippen molar-refractivity contribution in [1.29, 1.82) is 0 Å². The number of fused-ring (bicyclic) bond motifs is 1. The summed E-state index contributed by atoms with van der Waals surface area (Å²) >= 11 is 3.45. The molecule has 9 nitrogen and oxygen atoms in total. The number of aromatic amines is 2. The minimum atomic E-state index is -0.798. The zero-order chi connectivity index (χ0) is 25.2. The van der Waals surface area contributed by atoms with Crippen LogP contribution in [0, 0.1) is 6.92 Å². The van der Waals surface area contributed by atoms with Crippen LogP contribution in [-0.2, 0) is 4.74 Å². The van der Waals surface area contributed by atoms with Crippen LogP contribution in [0.1, 0.15) is 17.2 Å². The molecule has 188 valence electrons. The van der Waals surface area contributed by atoms with Crippen LogP contribution in [0.3, 0.4) is 0 Å². The highest BCUT2D eigenvalue weighted by molar-refractivity contribution is 9.10. The summed E-state index contributed by atoms with van der Waals surface area (Å²) in [5, 5.41) is 14.0. The number of ether oxygens (including phenoxy) is 2.